The molecule has 1 aromatic rings. The number of ether oxygens (including phenoxy) is 1. The SMILES string of the molecule is CC(N)C(C)C(=O)Nc1ccc2c(c1)N(C)C(=O)CO2. The number of nitrogens with two attached hydrogens (primary N) is 1. The van der Waals surface area contributed by atoms with E-state index in [2.05, 4.69) is 5.32 Å². The Morgan fingerprint density at radius 3 is 2.80 bits per heavy atom. The van der Waals surface area contributed by atoms with Gasteiger partial charge in [0.1, 0.15) is 5.75 Å². The lowest BCUT2D eigenvalue weighted by Gasteiger charge is -2.26. The summed E-state index contributed by atoms with van der Waals surface area (Å²) in [4.78, 5) is 25.1. The maximum atomic E-state index is 12.0. The summed E-state index contributed by atoms with van der Waals surface area (Å²) < 4.78 is 5.33. The fourth-order valence-electron chi connectivity index (χ4n) is 1.84. The number of nitrogens with one attached hydrogen (secondary N) is 1. The monoisotopic (exact) mass is 277 g/mol. The van der Waals surface area contributed by atoms with Crippen LogP contribution in [0.3, 0.4) is 0 Å². The number of hydrogen-bond donors (Lipinski definition) is 2. The maximum Gasteiger partial charge on any atom is 0.264 e. The Morgan fingerprint density at radius 1 is 1.45 bits per heavy atom. The van der Waals surface area contributed by atoms with Gasteiger partial charge in [0.2, 0.25) is 5.91 Å². The number of likely N-dealkylation sites (N-methyl/N-ethyl adjacent to an activating group) is 1. The summed E-state index contributed by atoms with van der Waals surface area (Å²) in [6, 6.07) is 4.98. The second kappa shape index (κ2) is 5.50. The maximum absolute atomic E-state index is 12.0. The van der Waals surface area contributed by atoms with Gasteiger partial charge in [-0.3, -0.25) is 9.59 Å². The Labute approximate surface area is 117 Å². The molecule has 1 aromatic carbocycles. The average molecular weight is 277 g/mol. The summed E-state index contributed by atoms with van der Waals surface area (Å²) in [6.07, 6.45) is 0. The van der Waals surface area contributed by atoms with Crippen molar-refractivity contribution in [3.05, 3.63) is 18.2 Å². The number of nitrogens with zero attached hydrogens (tertiary/aromatic N) is 1. The van der Waals surface area contributed by atoms with E-state index in [9.17, 15) is 9.59 Å². The third-order valence-corrected chi connectivity index (χ3v) is 3.52. The highest BCUT2D eigenvalue weighted by atomic mass is 16.5. The van der Waals surface area contributed by atoms with Crippen LogP contribution in [-0.2, 0) is 9.59 Å². The molecule has 0 bridgehead atoms. The van der Waals surface area contributed by atoms with E-state index < -0.39 is 0 Å². The molecule has 0 fully saturated rings. The molecule has 2 unspecified atom stereocenters. The van der Waals surface area contributed by atoms with Crippen molar-refractivity contribution in [3.63, 3.8) is 0 Å². The molecule has 0 spiro atoms. The van der Waals surface area contributed by atoms with Gasteiger partial charge in [0.25, 0.3) is 5.91 Å². The molecule has 0 radical (unpaired) electrons. The predicted octanol–water partition coefficient (Wildman–Crippen LogP) is 0.964. The molecule has 2 atom stereocenters. The fourth-order valence-corrected chi connectivity index (χ4v) is 1.84. The fraction of sp³-hybridized carbons (Fsp3) is 0.429. The standard InChI is InChI=1S/C14H19N3O3/c1-8(9(2)15)14(19)16-10-4-5-12-11(6-10)17(3)13(18)7-20-12/h4-6,8-9H,7,15H2,1-3H3,(H,16,19). The summed E-state index contributed by atoms with van der Waals surface area (Å²) in [5.41, 5.74) is 6.97. The van der Waals surface area contributed by atoms with Crippen LogP contribution in [0.15, 0.2) is 18.2 Å². The first kappa shape index (κ1) is 14.3. The normalized spacial score (nSPS) is 17.0. The zero-order valence-electron chi connectivity index (χ0n) is 11.8. The largest absolute Gasteiger partial charge is 0.482 e. The van der Waals surface area contributed by atoms with Crippen molar-refractivity contribution < 1.29 is 14.3 Å². The van der Waals surface area contributed by atoms with Gasteiger partial charge in [-0.15, -0.1) is 0 Å². The molecule has 20 heavy (non-hydrogen) atoms. The quantitative estimate of drug-likeness (QED) is 0.862. The number of rotatable bonds is 3. The number of carbonyl (C=O) groups excluding carboxylic acids is 2. The molecule has 1 heterocycles. The van der Waals surface area contributed by atoms with E-state index in [0.717, 1.165) is 0 Å². The minimum absolute atomic E-state index is 0.0386. The third-order valence-electron chi connectivity index (χ3n) is 3.52. The second-order valence-corrected chi connectivity index (χ2v) is 5.06. The lowest BCUT2D eigenvalue weighted by Crippen LogP contribution is -2.36. The number of hydrogen-bond acceptors (Lipinski definition) is 4. The molecular weight excluding hydrogens is 258 g/mol. The van der Waals surface area contributed by atoms with Gasteiger partial charge in [-0.05, 0) is 25.1 Å². The minimum Gasteiger partial charge on any atom is -0.482 e. The van der Waals surface area contributed by atoms with Crippen LogP contribution in [0.5, 0.6) is 5.75 Å². The number of carbonyl (C=O) groups is 2. The lowest BCUT2D eigenvalue weighted by atomic mass is 10.0. The minimum atomic E-state index is -0.290. The van der Waals surface area contributed by atoms with Crippen LogP contribution in [0.2, 0.25) is 0 Å². The number of benzene rings is 1. The molecule has 108 valence electrons. The molecule has 1 aliphatic heterocycles. The topological polar surface area (TPSA) is 84.7 Å². The van der Waals surface area contributed by atoms with Crippen molar-refractivity contribution in [2.24, 2.45) is 11.7 Å². The van der Waals surface area contributed by atoms with Crippen molar-refractivity contribution in [2.45, 2.75) is 19.9 Å². The Kier molecular flexibility index (Phi) is 3.94. The molecule has 6 heteroatoms. The predicted molar refractivity (Wildman–Crippen MR) is 76.8 cm³/mol. The Morgan fingerprint density at radius 2 is 2.15 bits per heavy atom. The van der Waals surface area contributed by atoms with Gasteiger partial charge in [-0.2, -0.15) is 0 Å². The van der Waals surface area contributed by atoms with E-state index in [-0.39, 0.29) is 30.4 Å². The first-order valence-electron chi connectivity index (χ1n) is 6.50. The van der Waals surface area contributed by atoms with E-state index in [4.69, 9.17) is 10.5 Å². The third kappa shape index (κ3) is 2.75. The lowest BCUT2D eigenvalue weighted by molar-refractivity contribution is -0.121. The van der Waals surface area contributed by atoms with Crippen molar-refractivity contribution in [2.75, 3.05) is 23.9 Å². The Bertz CT molecular complexity index is 542. The highest BCUT2D eigenvalue weighted by molar-refractivity contribution is 5.99. The highest BCUT2D eigenvalue weighted by Gasteiger charge is 2.23. The summed E-state index contributed by atoms with van der Waals surface area (Å²) in [5, 5.41) is 2.80. The van der Waals surface area contributed by atoms with Gasteiger partial charge in [0.05, 0.1) is 11.6 Å². The zero-order chi connectivity index (χ0) is 14.9. The van der Waals surface area contributed by atoms with E-state index in [1.54, 1.807) is 39.1 Å². The van der Waals surface area contributed by atoms with Crippen LogP contribution in [0.4, 0.5) is 11.4 Å². The Hall–Kier alpha value is -2.08. The first-order chi connectivity index (χ1) is 9.40. The van der Waals surface area contributed by atoms with Crippen molar-refractivity contribution in [3.8, 4) is 5.75 Å². The van der Waals surface area contributed by atoms with Crippen LogP contribution in [0, 0.1) is 5.92 Å². The molecule has 0 aromatic heterocycles. The molecule has 0 saturated carbocycles. The molecular formula is C14H19N3O3. The van der Waals surface area contributed by atoms with Gasteiger partial charge < -0.3 is 20.7 Å². The van der Waals surface area contributed by atoms with Gasteiger partial charge in [0, 0.05) is 18.8 Å². The summed E-state index contributed by atoms with van der Waals surface area (Å²) in [5.74, 6) is 0.0718. The van der Waals surface area contributed by atoms with Crippen molar-refractivity contribution >= 4 is 23.2 Å². The van der Waals surface area contributed by atoms with E-state index in [1.807, 2.05) is 0 Å². The van der Waals surface area contributed by atoms with Crippen LogP contribution in [0.25, 0.3) is 0 Å². The highest BCUT2D eigenvalue weighted by Crippen LogP contribution is 2.33. The van der Waals surface area contributed by atoms with Crippen LogP contribution < -0.4 is 20.7 Å². The van der Waals surface area contributed by atoms with Gasteiger partial charge in [-0.25, -0.2) is 0 Å². The summed E-state index contributed by atoms with van der Waals surface area (Å²) in [6.45, 7) is 3.60. The van der Waals surface area contributed by atoms with Gasteiger partial charge >= 0.3 is 0 Å². The molecule has 2 rings (SSSR count). The molecule has 6 nitrogen and oxygen atoms in total. The molecule has 2 amide bonds. The number of fused-ring (bicyclic) bond motifs is 1. The van der Waals surface area contributed by atoms with E-state index >= 15 is 0 Å². The van der Waals surface area contributed by atoms with Crippen LogP contribution in [0.1, 0.15) is 13.8 Å². The zero-order valence-corrected chi connectivity index (χ0v) is 11.8. The number of amides is 2. The van der Waals surface area contributed by atoms with E-state index in [0.29, 0.717) is 17.1 Å². The van der Waals surface area contributed by atoms with Crippen molar-refractivity contribution in [1.82, 2.24) is 0 Å². The van der Waals surface area contributed by atoms with Crippen molar-refractivity contribution in [1.29, 1.82) is 0 Å². The smallest absolute Gasteiger partial charge is 0.264 e. The summed E-state index contributed by atoms with van der Waals surface area (Å²) in [7, 11) is 1.68. The van der Waals surface area contributed by atoms with E-state index in [1.165, 1.54) is 4.90 Å². The number of anilines is 2. The Balaban J connectivity index is 2.19. The summed E-state index contributed by atoms with van der Waals surface area (Å²) >= 11 is 0. The van der Waals surface area contributed by atoms with Crippen LogP contribution >= 0.6 is 0 Å². The average Bonchev–Trinajstić information content (AvgIpc) is 2.42. The van der Waals surface area contributed by atoms with Gasteiger partial charge in [-0.1, -0.05) is 6.92 Å². The molecule has 0 saturated heterocycles. The molecule has 3 N–H and O–H groups in total. The first-order valence-corrected chi connectivity index (χ1v) is 6.50. The van der Waals surface area contributed by atoms with Crippen LogP contribution in [-0.4, -0.2) is 31.5 Å². The second-order valence-electron chi connectivity index (χ2n) is 5.06. The van der Waals surface area contributed by atoms with Gasteiger partial charge in [0.15, 0.2) is 6.61 Å². The molecule has 0 aliphatic carbocycles. The molecule has 1 aliphatic rings.